The van der Waals surface area contributed by atoms with E-state index < -0.39 is 17.9 Å². The summed E-state index contributed by atoms with van der Waals surface area (Å²) in [5, 5.41) is 3.05. The zero-order valence-corrected chi connectivity index (χ0v) is 21.5. The minimum atomic E-state index is -0.823. The average Bonchev–Trinajstić information content (AvgIpc) is 3.17. The Hall–Kier alpha value is -3.73. The average molecular weight is 493 g/mol. The lowest BCUT2D eigenvalue weighted by Crippen LogP contribution is -2.48. The molecule has 3 amide bonds. The van der Waals surface area contributed by atoms with Gasteiger partial charge in [-0.2, -0.15) is 0 Å². The third-order valence-corrected chi connectivity index (χ3v) is 8.58. The van der Waals surface area contributed by atoms with E-state index in [0.717, 1.165) is 51.9 Å². The number of anilines is 1. The summed E-state index contributed by atoms with van der Waals surface area (Å²) in [6.07, 6.45) is 2.09. The van der Waals surface area contributed by atoms with Gasteiger partial charge >= 0.3 is 0 Å². The Morgan fingerprint density at radius 1 is 0.838 bits per heavy atom. The number of benzene rings is 3. The Morgan fingerprint density at radius 3 is 1.84 bits per heavy atom. The van der Waals surface area contributed by atoms with Crippen molar-refractivity contribution in [2.45, 2.75) is 57.9 Å². The van der Waals surface area contributed by atoms with Gasteiger partial charge in [0, 0.05) is 17.5 Å². The molecular formula is C32H32N2O3. The second kappa shape index (κ2) is 8.98. The Balaban J connectivity index is 1.40. The third-order valence-electron chi connectivity index (χ3n) is 8.58. The van der Waals surface area contributed by atoms with Crippen molar-refractivity contribution in [3.63, 3.8) is 0 Å². The van der Waals surface area contributed by atoms with Gasteiger partial charge in [0.25, 0.3) is 0 Å². The normalized spacial score (nSPS) is 23.9. The Morgan fingerprint density at radius 2 is 1.35 bits per heavy atom. The number of carbonyl (C=O) groups is 3. The number of nitrogens with zero attached hydrogens (tertiary/aromatic N) is 1. The molecule has 37 heavy (non-hydrogen) atoms. The molecule has 0 spiro atoms. The topological polar surface area (TPSA) is 66.5 Å². The van der Waals surface area contributed by atoms with Gasteiger partial charge in [0.05, 0.1) is 11.8 Å². The highest BCUT2D eigenvalue weighted by Crippen LogP contribution is 2.61. The molecule has 1 heterocycles. The quantitative estimate of drug-likeness (QED) is 0.450. The minimum Gasteiger partial charge on any atom is -0.324 e. The number of unbranched alkanes of at least 4 members (excludes halogenated alkanes) is 1. The van der Waals surface area contributed by atoms with Crippen molar-refractivity contribution in [3.8, 4) is 0 Å². The van der Waals surface area contributed by atoms with Crippen LogP contribution in [-0.4, -0.2) is 28.7 Å². The highest BCUT2D eigenvalue weighted by molar-refractivity contribution is 6.11. The van der Waals surface area contributed by atoms with Crippen LogP contribution in [0.25, 0.3) is 0 Å². The highest BCUT2D eigenvalue weighted by Gasteiger charge is 2.62. The summed E-state index contributed by atoms with van der Waals surface area (Å²) < 4.78 is 0. The molecule has 1 N–H and O–H groups in total. The molecule has 0 saturated carbocycles. The second-order valence-corrected chi connectivity index (χ2v) is 10.8. The second-order valence-electron chi connectivity index (χ2n) is 10.8. The lowest BCUT2D eigenvalue weighted by Gasteiger charge is -2.45. The van der Waals surface area contributed by atoms with Gasteiger partial charge in [-0.1, -0.05) is 80.4 Å². The number of likely N-dealkylation sites (tertiary alicyclic amines) is 1. The van der Waals surface area contributed by atoms with Gasteiger partial charge in [-0.3, -0.25) is 19.3 Å². The number of imide groups is 1. The molecular weight excluding hydrogens is 460 g/mol. The zero-order chi connectivity index (χ0) is 25.8. The van der Waals surface area contributed by atoms with Crippen molar-refractivity contribution >= 4 is 23.4 Å². The largest absolute Gasteiger partial charge is 0.324 e. The molecule has 3 atom stereocenters. The summed E-state index contributed by atoms with van der Waals surface area (Å²) in [4.78, 5) is 43.4. The maximum atomic E-state index is 14.2. The molecule has 3 aromatic carbocycles. The van der Waals surface area contributed by atoms with Crippen LogP contribution >= 0.6 is 0 Å². The molecule has 3 aliphatic carbocycles. The maximum absolute atomic E-state index is 14.2. The van der Waals surface area contributed by atoms with Crippen LogP contribution in [0.4, 0.5) is 5.69 Å². The first-order valence-corrected chi connectivity index (χ1v) is 13.3. The van der Waals surface area contributed by atoms with Crippen LogP contribution in [0, 0.1) is 25.7 Å². The fraction of sp³-hybridized carbons (Fsp3) is 0.344. The van der Waals surface area contributed by atoms with Gasteiger partial charge in [0.2, 0.25) is 17.7 Å². The summed E-state index contributed by atoms with van der Waals surface area (Å²) in [6, 6.07) is 21.5. The predicted octanol–water partition coefficient (Wildman–Crippen LogP) is 5.69. The number of amides is 3. The standard InChI is InChI=1S/C32H32N2O3/c1-4-5-14-25(30(35)33-24-17-18(2)15-16-19(24)3)34-31(36)28-26-20-10-6-7-11-21(20)27(29(28)32(34)37)23-13-9-8-12-22(23)26/h6-13,15-17,25-29H,4-5,14H2,1-3H3,(H,33,35)/t25-,26?,27?,28-,29-/m1/s1. The summed E-state index contributed by atoms with van der Waals surface area (Å²) in [5.74, 6) is -1.97. The smallest absolute Gasteiger partial charge is 0.247 e. The van der Waals surface area contributed by atoms with E-state index >= 15 is 0 Å². The van der Waals surface area contributed by atoms with Crippen LogP contribution in [0.2, 0.25) is 0 Å². The summed E-state index contributed by atoms with van der Waals surface area (Å²) >= 11 is 0. The number of nitrogens with one attached hydrogen (secondary N) is 1. The molecule has 1 saturated heterocycles. The van der Waals surface area contributed by atoms with Crippen LogP contribution in [0.3, 0.4) is 0 Å². The van der Waals surface area contributed by atoms with Crippen LogP contribution < -0.4 is 5.32 Å². The monoisotopic (exact) mass is 492 g/mol. The van der Waals surface area contributed by atoms with Crippen LogP contribution in [0.5, 0.6) is 0 Å². The lowest BCUT2D eigenvalue weighted by atomic mass is 9.55. The number of hydrogen-bond donors (Lipinski definition) is 1. The zero-order valence-electron chi connectivity index (χ0n) is 21.5. The third kappa shape index (κ3) is 3.55. The number of rotatable bonds is 6. The molecule has 5 nitrogen and oxygen atoms in total. The van der Waals surface area contributed by atoms with E-state index in [-0.39, 0.29) is 29.6 Å². The maximum Gasteiger partial charge on any atom is 0.247 e. The van der Waals surface area contributed by atoms with E-state index in [0.29, 0.717) is 6.42 Å². The Labute approximate surface area is 217 Å². The van der Waals surface area contributed by atoms with Gasteiger partial charge in [-0.05, 0) is 59.7 Å². The molecule has 0 radical (unpaired) electrons. The van der Waals surface area contributed by atoms with Crippen molar-refractivity contribution in [2.24, 2.45) is 11.8 Å². The fourth-order valence-corrected chi connectivity index (χ4v) is 6.87. The van der Waals surface area contributed by atoms with E-state index in [4.69, 9.17) is 0 Å². The van der Waals surface area contributed by atoms with Crippen LogP contribution in [-0.2, 0) is 14.4 Å². The molecule has 1 fully saturated rings. The van der Waals surface area contributed by atoms with Gasteiger partial charge in [-0.25, -0.2) is 0 Å². The van der Waals surface area contributed by atoms with Crippen LogP contribution in [0.15, 0.2) is 66.7 Å². The number of aryl methyl sites for hydroxylation is 2. The molecule has 5 heteroatoms. The molecule has 3 aromatic rings. The Bertz CT molecular complexity index is 1310. The molecule has 7 rings (SSSR count). The van der Waals surface area contributed by atoms with E-state index in [1.54, 1.807) is 0 Å². The van der Waals surface area contributed by atoms with Crippen molar-refractivity contribution in [1.82, 2.24) is 4.90 Å². The molecule has 0 aromatic heterocycles. The molecule has 4 aliphatic rings. The summed E-state index contributed by atoms with van der Waals surface area (Å²) in [6.45, 7) is 5.98. The van der Waals surface area contributed by atoms with Crippen molar-refractivity contribution in [3.05, 3.63) is 100 Å². The first kappa shape index (κ1) is 23.7. The van der Waals surface area contributed by atoms with Crippen molar-refractivity contribution in [2.75, 3.05) is 5.32 Å². The molecule has 0 unspecified atom stereocenters. The number of carbonyl (C=O) groups excluding carboxylic acids is 3. The van der Waals surface area contributed by atoms with Crippen LogP contribution in [0.1, 0.15) is 71.4 Å². The van der Waals surface area contributed by atoms with Crippen molar-refractivity contribution in [1.29, 1.82) is 0 Å². The highest BCUT2D eigenvalue weighted by atomic mass is 16.2. The molecule has 188 valence electrons. The lowest BCUT2D eigenvalue weighted by molar-refractivity contribution is -0.147. The first-order chi connectivity index (χ1) is 17.9. The van der Waals surface area contributed by atoms with Gasteiger partial charge in [0.15, 0.2) is 0 Å². The fourth-order valence-electron chi connectivity index (χ4n) is 6.87. The SMILES string of the molecule is CCCC[C@H](C(=O)Nc1cc(C)ccc1C)N1C(=O)[C@@H]2C3c4ccccc4C(c4ccccc43)[C@H]2C1=O. The van der Waals surface area contributed by atoms with E-state index in [1.807, 2.05) is 56.3 Å². The minimum absolute atomic E-state index is 0.169. The van der Waals surface area contributed by atoms with E-state index in [1.165, 1.54) is 4.90 Å². The summed E-state index contributed by atoms with van der Waals surface area (Å²) in [5.41, 5.74) is 7.27. The van der Waals surface area contributed by atoms with Crippen molar-refractivity contribution < 1.29 is 14.4 Å². The van der Waals surface area contributed by atoms with E-state index in [2.05, 4.69) is 36.5 Å². The predicted molar refractivity (Wildman–Crippen MR) is 143 cm³/mol. The number of hydrogen-bond acceptors (Lipinski definition) is 3. The molecule has 2 bridgehead atoms. The summed E-state index contributed by atoms with van der Waals surface area (Å²) in [7, 11) is 0. The van der Waals surface area contributed by atoms with Gasteiger partial charge in [-0.15, -0.1) is 0 Å². The van der Waals surface area contributed by atoms with Gasteiger partial charge < -0.3 is 5.32 Å². The van der Waals surface area contributed by atoms with Gasteiger partial charge in [0.1, 0.15) is 6.04 Å². The first-order valence-electron chi connectivity index (χ1n) is 13.3. The Kier molecular flexibility index (Phi) is 5.74. The molecule has 1 aliphatic heterocycles. The van der Waals surface area contributed by atoms with E-state index in [9.17, 15) is 14.4 Å².